The molecule has 4 saturated heterocycles. The van der Waals surface area contributed by atoms with Gasteiger partial charge >= 0.3 is 5.97 Å². The fourth-order valence-electron chi connectivity index (χ4n) is 6.92. The average Bonchev–Trinajstić information content (AvgIpc) is 3.53. The van der Waals surface area contributed by atoms with Crippen LogP contribution in [0.4, 0.5) is 0 Å². The lowest BCUT2D eigenvalue weighted by atomic mass is 9.66. The Hall–Kier alpha value is -1.88. The average molecular weight is 564 g/mol. The molecule has 4 aliphatic rings. The molecule has 1 spiro atoms. The summed E-state index contributed by atoms with van der Waals surface area (Å²) in [4.78, 5) is 47.8. The van der Waals surface area contributed by atoms with Gasteiger partial charge in [0.2, 0.25) is 11.8 Å². The van der Waals surface area contributed by atoms with Crippen molar-refractivity contribution >= 4 is 29.5 Å². The predicted molar refractivity (Wildman–Crippen MR) is 151 cm³/mol. The number of esters is 1. The number of carbonyl (C=O) groups excluding carboxylic acids is 3. The van der Waals surface area contributed by atoms with Crippen LogP contribution >= 0.6 is 11.8 Å². The minimum Gasteiger partial charge on any atom is -0.465 e. The van der Waals surface area contributed by atoms with E-state index in [2.05, 4.69) is 25.0 Å². The van der Waals surface area contributed by atoms with Gasteiger partial charge in [0.25, 0.3) is 0 Å². The summed E-state index contributed by atoms with van der Waals surface area (Å²) in [5, 5.41) is 9.23. The largest absolute Gasteiger partial charge is 0.465 e. The first-order valence-corrected chi connectivity index (χ1v) is 15.3. The van der Waals surface area contributed by atoms with E-state index >= 15 is 0 Å². The van der Waals surface area contributed by atoms with E-state index in [1.54, 1.807) is 28.8 Å². The normalized spacial score (nSPS) is 31.8. The number of hydrogen-bond acceptors (Lipinski definition) is 8. The third-order valence-electron chi connectivity index (χ3n) is 8.83. The van der Waals surface area contributed by atoms with Gasteiger partial charge in [-0.25, -0.2) is 0 Å². The Kier molecular flexibility index (Phi) is 10.5. The highest BCUT2D eigenvalue weighted by Crippen LogP contribution is 2.68. The van der Waals surface area contributed by atoms with Crippen LogP contribution in [0.15, 0.2) is 25.3 Å². The minimum absolute atomic E-state index is 0.0294. The summed E-state index contributed by atoms with van der Waals surface area (Å²) in [6.45, 7) is 15.3. The van der Waals surface area contributed by atoms with Crippen LogP contribution in [0.25, 0.3) is 0 Å². The number of aliphatic hydroxyl groups excluding tert-OH is 1. The lowest BCUT2D eigenvalue weighted by Gasteiger charge is -2.41. The number of nitrogens with zero attached hydrogens (tertiary/aromatic N) is 3. The molecule has 2 amide bonds. The number of rotatable bonds is 15. The number of likely N-dealkylation sites (tertiary alicyclic amines) is 1. The van der Waals surface area contributed by atoms with Crippen molar-refractivity contribution in [2.24, 2.45) is 17.8 Å². The summed E-state index contributed by atoms with van der Waals surface area (Å²) < 4.78 is 10.4. The van der Waals surface area contributed by atoms with Crippen LogP contribution in [0, 0.1) is 17.8 Å². The summed E-state index contributed by atoms with van der Waals surface area (Å²) in [6, 6.07) is -0.634. The number of amides is 2. The highest BCUT2D eigenvalue weighted by Gasteiger charge is 2.76. The van der Waals surface area contributed by atoms with Crippen molar-refractivity contribution in [3.05, 3.63) is 25.3 Å². The van der Waals surface area contributed by atoms with Crippen LogP contribution in [0.2, 0.25) is 0 Å². The molecule has 218 valence electrons. The highest BCUT2D eigenvalue weighted by atomic mass is 32.2. The second kappa shape index (κ2) is 13.7. The van der Waals surface area contributed by atoms with E-state index in [4.69, 9.17) is 9.47 Å². The number of thioether (sulfide) groups is 1. The van der Waals surface area contributed by atoms with Crippen LogP contribution in [0.3, 0.4) is 0 Å². The van der Waals surface area contributed by atoms with Crippen LogP contribution < -0.4 is 0 Å². The van der Waals surface area contributed by atoms with Gasteiger partial charge in [-0.05, 0) is 38.0 Å². The van der Waals surface area contributed by atoms with Crippen molar-refractivity contribution in [2.75, 3.05) is 65.7 Å². The quantitative estimate of drug-likeness (QED) is 0.183. The van der Waals surface area contributed by atoms with E-state index in [0.717, 1.165) is 32.5 Å². The van der Waals surface area contributed by atoms with Crippen molar-refractivity contribution in [1.82, 2.24) is 14.7 Å². The van der Waals surface area contributed by atoms with E-state index in [1.807, 2.05) is 4.90 Å². The third kappa shape index (κ3) is 5.94. The number of fused-ring (bicyclic) bond motifs is 1. The first-order chi connectivity index (χ1) is 18.9. The third-order valence-corrected chi connectivity index (χ3v) is 10.9. The van der Waals surface area contributed by atoms with Crippen molar-refractivity contribution < 1.29 is 29.0 Å². The number of carbonyl (C=O) groups is 3. The molecule has 4 aliphatic heterocycles. The molecule has 4 rings (SSSR count). The number of ether oxygens (including phenoxy) is 2. The smallest absolute Gasteiger partial charge is 0.310 e. The maximum absolute atomic E-state index is 14.5. The van der Waals surface area contributed by atoms with Crippen molar-refractivity contribution in [1.29, 1.82) is 0 Å². The van der Waals surface area contributed by atoms with Gasteiger partial charge in [-0.2, -0.15) is 0 Å². The molecule has 0 saturated carbocycles. The zero-order chi connectivity index (χ0) is 28.0. The van der Waals surface area contributed by atoms with E-state index in [1.165, 1.54) is 0 Å². The number of hydrogen-bond donors (Lipinski definition) is 1. The number of morpholine rings is 1. The van der Waals surface area contributed by atoms with Gasteiger partial charge in [-0.3, -0.25) is 19.3 Å². The first kappa shape index (κ1) is 30.1. The van der Waals surface area contributed by atoms with E-state index in [-0.39, 0.29) is 42.2 Å². The molecule has 0 radical (unpaired) electrons. The molecule has 0 aliphatic carbocycles. The molecule has 4 heterocycles. The van der Waals surface area contributed by atoms with Gasteiger partial charge in [0.05, 0.1) is 36.4 Å². The molecule has 39 heavy (non-hydrogen) atoms. The lowest BCUT2D eigenvalue weighted by molar-refractivity contribution is -0.154. The van der Waals surface area contributed by atoms with E-state index in [0.29, 0.717) is 52.1 Å². The van der Waals surface area contributed by atoms with Gasteiger partial charge in [0.15, 0.2) is 0 Å². The predicted octanol–water partition coefficient (Wildman–Crippen LogP) is 1.95. The maximum Gasteiger partial charge on any atom is 0.310 e. The molecule has 0 aromatic carbocycles. The molecule has 0 aromatic heterocycles. The first-order valence-electron chi connectivity index (χ1n) is 14.5. The van der Waals surface area contributed by atoms with Gasteiger partial charge < -0.3 is 24.4 Å². The Bertz CT molecular complexity index is 911. The zero-order valence-corrected chi connectivity index (χ0v) is 24.1. The van der Waals surface area contributed by atoms with Crippen LogP contribution in [-0.4, -0.2) is 119 Å². The van der Waals surface area contributed by atoms with E-state index in [9.17, 15) is 19.5 Å². The highest BCUT2D eigenvalue weighted by molar-refractivity contribution is 8.02. The standard InChI is InChI=1S/C29H45N3O6S/c1-4-6-17-38-28(36)23-22-20-21(3)29(39-22)24(23)26(34)32(11-8-7-9-16-33)25(29)27(35)31(10-5-2)13-12-30-14-18-37-19-15-30/h4-5,21-25,33H,1-2,6-20H2,3H3/t21?,22-,23+,24-,25?,29?/m0/s1. The Morgan fingerprint density at radius 3 is 2.67 bits per heavy atom. The monoisotopic (exact) mass is 563 g/mol. The van der Waals surface area contributed by atoms with Gasteiger partial charge in [-0.1, -0.05) is 19.1 Å². The molecule has 10 heteroatoms. The summed E-state index contributed by atoms with van der Waals surface area (Å²) >= 11 is 1.68. The summed E-state index contributed by atoms with van der Waals surface area (Å²) in [5.41, 5.74) is 0. The minimum atomic E-state index is -0.656. The molecule has 1 N–H and O–H groups in total. The fourth-order valence-corrected chi connectivity index (χ4v) is 9.33. The molecular formula is C29H45N3O6S. The van der Waals surface area contributed by atoms with Crippen molar-refractivity contribution in [3.63, 3.8) is 0 Å². The molecule has 0 aromatic rings. The fraction of sp³-hybridized carbons (Fsp3) is 0.759. The van der Waals surface area contributed by atoms with Crippen molar-refractivity contribution in [3.8, 4) is 0 Å². The van der Waals surface area contributed by atoms with Crippen LogP contribution in [-0.2, 0) is 23.9 Å². The van der Waals surface area contributed by atoms with Gasteiger partial charge in [0, 0.05) is 51.1 Å². The maximum atomic E-state index is 14.5. The second-order valence-corrected chi connectivity index (χ2v) is 12.7. The summed E-state index contributed by atoms with van der Waals surface area (Å²) in [7, 11) is 0. The zero-order valence-electron chi connectivity index (χ0n) is 23.3. The Morgan fingerprint density at radius 2 is 1.97 bits per heavy atom. The molecule has 2 bridgehead atoms. The van der Waals surface area contributed by atoms with Crippen LogP contribution in [0.1, 0.15) is 39.0 Å². The molecule has 6 atom stereocenters. The summed E-state index contributed by atoms with van der Waals surface area (Å²) in [6.07, 6.45) is 6.93. The Morgan fingerprint density at radius 1 is 1.21 bits per heavy atom. The number of unbranched alkanes of at least 4 members (excludes halogenated alkanes) is 2. The SMILES string of the molecule is C=CCCOC(=O)[C@@H]1[C@@H]2CC(C)C3(S2)C(C(=O)N(CC=C)CCN2CCOCC2)N(CCCCCO)C(=O)[C@H]13. The van der Waals surface area contributed by atoms with Crippen molar-refractivity contribution in [2.45, 2.75) is 55.1 Å². The topological polar surface area (TPSA) is 99.6 Å². The van der Waals surface area contributed by atoms with E-state index < -0.39 is 22.6 Å². The Balaban J connectivity index is 1.61. The summed E-state index contributed by atoms with van der Waals surface area (Å²) in [5.74, 6) is -1.48. The number of aliphatic hydroxyl groups is 1. The lowest BCUT2D eigenvalue weighted by Crippen LogP contribution is -2.58. The van der Waals surface area contributed by atoms with Gasteiger partial charge in [-0.15, -0.1) is 24.9 Å². The molecule has 9 nitrogen and oxygen atoms in total. The van der Waals surface area contributed by atoms with Gasteiger partial charge in [0.1, 0.15) is 6.04 Å². The Labute approximate surface area is 236 Å². The molecular weight excluding hydrogens is 518 g/mol. The molecule has 4 fully saturated rings. The van der Waals surface area contributed by atoms with Crippen LogP contribution in [0.5, 0.6) is 0 Å². The molecule has 3 unspecified atom stereocenters. The second-order valence-electron chi connectivity index (χ2n) is 11.1.